The maximum Gasteiger partial charge on any atom is 0.270 e. The average molecular weight is 328 g/mol. The molecule has 0 N–H and O–H groups in total. The minimum Gasteiger partial charge on any atom is -0.370 e. The van der Waals surface area contributed by atoms with Crippen molar-refractivity contribution < 1.29 is 18.1 Å². The summed E-state index contributed by atoms with van der Waals surface area (Å²) in [7, 11) is -3.80. The molecule has 2 rings (SSSR count). The second kappa shape index (κ2) is 5.60. The van der Waals surface area contributed by atoms with Crippen LogP contribution in [0.2, 0.25) is 0 Å². The fourth-order valence-corrected chi connectivity index (χ4v) is 4.61. The number of aryl methyl sites for hydroxylation is 1. The van der Waals surface area contributed by atoms with Gasteiger partial charge in [-0.25, -0.2) is 8.42 Å². The van der Waals surface area contributed by atoms with E-state index < -0.39 is 20.5 Å². The van der Waals surface area contributed by atoms with Crippen LogP contribution in [0, 0.1) is 17.0 Å². The molecule has 1 aliphatic rings. The highest BCUT2D eigenvalue weighted by atomic mass is 32.2. The monoisotopic (exact) mass is 328 g/mol. The molecule has 1 aliphatic heterocycles. The zero-order chi connectivity index (χ0) is 16.7. The first kappa shape index (κ1) is 16.9. The third-order valence-electron chi connectivity index (χ3n) is 3.54. The van der Waals surface area contributed by atoms with Crippen molar-refractivity contribution in [2.75, 3.05) is 13.1 Å². The van der Waals surface area contributed by atoms with Gasteiger partial charge >= 0.3 is 0 Å². The van der Waals surface area contributed by atoms with Gasteiger partial charge in [-0.3, -0.25) is 10.1 Å². The number of ether oxygens (including phenoxy) is 1. The van der Waals surface area contributed by atoms with Crippen molar-refractivity contribution in [3.63, 3.8) is 0 Å². The highest BCUT2D eigenvalue weighted by Crippen LogP contribution is 2.29. The van der Waals surface area contributed by atoms with Crippen LogP contribution >= 0.6 is 0 Å². The van der Waals surface area contributed by atoms with Gasteiger partial charge in [0.25, 0.3) is 5.69 Å². The van der Waals surface area contributed by atoms with Gasteiger partial charge in [-0.2, -0.15) is 4.31 Å². The topological polar surface area (TPSA) is 89.8 Å². The van der Waals surface area contributed by atoms with Crippen molar-refractivity contribution in [3.8, 4) is 0 Å². The fourth-order valence-electron chi connectivity index (χ4n) is 2.70. The van der Waals surface area contributed by atoms with Crippen molar-refractivity contribution in [1.29, 1.82) is 0 Å². The highest BCUT2D eigenvalue weighted by molar-refractivity contribution is 7.89. The van der Waals surface area contributed by atoms with Gasteiger partial charge in [0.05, 0.1) is 21.5 Å². The Balaban J connectivity index is 2.46. The van der Waals surface area contributed by atoms with Crippen LogP contribution < -0.4 is 0 Å². The van der Waals surface area contributed by atoms with E-state index in [-0.39, 0.29) is 29.8 Å². The Hall–Kier alpha value is -1.51. The van der Waals surface area contributed by atoms with Crippen molar-refractivity contribution in [2.24, 2.45) is 0 Å². The van der Waals surface area contributed by atoms with Gasteiger partial charge in [-0.15, -0.1) is 0 Å². The molecule has 0 aromatic heterocycles. The summed E-state index contributed by atoms with van der Waals surface area (Å²) < 4.78 is 32.8. The van der Waals surface area contributed by atoms with E-state index in [1.807, 2.05) is 20.8 Å². The number of nitrogens with zero attached hydrogens (tertiary/aromatic N) is 2. The molecule has 0 amide bonds. The Morgan fingerprint density at radius 1 is 1.41 bits per heavy atom. The van der Waals surface area contributed by atoms with Gasteiger partial charge < -0.3 is 4.74 Å². The van der Waals surface area contributed by atoms with Crippen LogP contribution in [0.5, 0.6) is 0 Å². The summed E-state index contributed by atoms with van der Waals surface area (Å²) in [5, 5.41) is 10.9. The lowest BCUT2D eigenvalue weighted by Gasteiger charge is -2.41. The molecule has 122 valence electrons. The van der Waals surface area contributed by atoms with E-state index in [4.69, 9.17) is 4.74 Å². The van der Waals surface area contributed by atoms with Crippen LogP contribution in [-0.2, 0) is 14.8 Å². The molecule has 1 saturated heterocycles. The van der Waals surface area contributed by atoms with Gasteiger partial charge in [-0.05, 0) is 33.3 Å². The number of non-ortho nitro benzene ring substituents is 1. The van der Waals surface area contributed by atoms with Crippen molar-refractivity contribution in [1.82, 2.24) is 4.31 Å². The SMILES string of the molecule is Cc1ccc([N+](=O)[O-])cc1S(=O)(=O)N1CC(C)OC(C)(C)C1. The molecule has 0 spiro atoms. The number of rotatable bonds is 3. The zero-order valence-corrected chi connectivity index (χ0v) is 13.9. The van der Waals surface area contributed by atoms with Gasteiger partial charge in [0.15, 0.2) is 0 Å². The molecular formula is C14H20N2O5S. The lowest BCUT2D eigenvalue weighted by molar-refractivity contribution is -0.385. The summed E-state index contributed by atoms with van der Waals surface area (Å²) >= 11 is 0. The van der Waals surface area contributed by atoms with Crippen molar-refractivity contribution in [3.05, 3.63) is 33.9 Å². The van der Waals surface area contributed by atoms with Crippen LogP contribution in [0.1, 0.15) is 26.3 Å². The van der Waals surface area contributed by atoms with Crippen LogP contribution in [0.15, 0.2) is 23.1 Å². The number of sulfonamides is 1. The molecule has 1 fully saturated rings. The van der Waals surface area contributed by atoms with E-state index in [1.54, 1.807) is 6.92 Å². The van der Waals surface area contributed by atoms with E-state index in [9.17, 15) is 18.5 Å². The van der Waals surface area contributed by atoms with Crippen LogP contribution in [0.4, 0.5) is 5.69 Å². The summed E-state index contributed by atoms with van der Waals surface area (Å²) in [6.07, 6.45) is -0.238. The molecule has 0 radical (unpaired) electrons. The predicted octanol–water partition coefficient (Wildman–Crippen LogP) is 2.09. The second-order valence-electron chi connectivity index (χ2n) is 6.19. The summed E-state index contributed by atoms with van der Waals surface area (Å²) in [4.78, 5) is 10.3. The number of hydrogen-bond acceptors (Lipinski definition) is 5. The Morgan fingerprint density at radius 2 is 2.05 bits per heavy atom. The zero-order valence-electron chi connectivity index (χ0n) is 13.1. The first-order valence-electron chi connectivity index (χ1n) is 6.96. The van der Waals surface area contributed by atoms with Crippen LogP contribution in [0.3, 0.4) is 0 Å². The van der Waals surface area contributed by atoms with Gasteiger partial charge in [0, 0.05) is 25.2 Å². The van der Waals surface area contributed by atoms with Crippen molar-refractivity contribution in [2.45, 2.75) is 44.3 Å². The molecule has 22 heavy (non-hydrogen) atoms. The molecular weight excluding hydrogens is 308 g/mol. The molecule has 1 aromatic rings. The summed E-state index contributed by atoms with van der Waals surface area (Å²) in [5.41, 5.74) is -0.341. The fraction of sp³-hybridized carbons (Fsp3) is 0.571. The van der Waals surface area contributed by atoms with Crippen LogP contribution in [-0.4, -0.2) is 42.4 Å². The minimum absolute atomic E-state index is 0.0217. The van der Waals surface area contributed by atoms with Gasteiger partial charge in [0.2, 0.25) is 10.0 Å². The first-order chi connectivity index (χ1) is 10.0. The maximum absolute atomic E-state index is 12.9. The summed E-state index contributed by atoms with van der Waals surface area (Å²) in [6.45, 7) is 7.53. The van der Waals surface area contributed by atoms with E-state index in [1.165, 1.54) is 16.4 Å². The van der Waals surface area contributed by atoms with Crippen molar-refractivity contribution >= 4 is 15.7 Å². The number of morpholine rings is 1. The molecule has 1 heterocycles. The molecule has 1 atom stereocenters. The number of nitro benzene ring substituents is 1. The maximum atomic E-state index is 12.9. The molecule has 7 nitrogen and oxygen atoms in total. The second-order valence-corrected chi connectivity index (χ2v) is 8.10. The predicted molar refractivity (Wildman–Crippen MR) is 81.2 cm³/mol. The Kier molecular flexibility index (Phi) is 4.29. The Bertz CT molecular complexity index is 699. The quantitative estimate of drug-likeness (QED) is 0.626. The largest absolute Gasteiger partial charge is 0.370 e. The Labute approximate surface area is 130 Å². The number of hydrogen-bond donors (Lipinski definition) is 0. The standard InChI is InChI=1S/C14H20N2O5S/c1-10-5-6-12(16(17)18)7-13(10)22(19,20)15-8-11(2)21-14(3,4)9-15/h5-7,11H,8-9H2,1-4H3. The molecule has 0 saturated carbocycles. The lowest BCUT2D eigenvalue weighted by Crippen LogP contribution is -2.53. The number of benzene rings is 1. The van der Waals surface area contributed by atoms with E-state index in [0.717, 1.165) is 6.07 Å². The van der Waals surface area contributed by atoms with Crippen LogP contribution in [0.25, 0.3) is 0 Å². The normalized spacial score (nSPS) is 22.5. The third kappa shape index (κ3) is 3.29. The van der Waals surface area contributed by atoms with Gasteiger partial charge in [-0.1, -0.05) is 6.07 Å². The first-order valence-corrected chi connectivity index (χ1v) is 8.40. The lowest BCUT2D eigenvalue weighted by atomic mass is 10.1. The van der Waals surface area contributed by atoms with Gasteiger partial charge in [0.1, 0.15) is 0 Å². The average Bonchev–Trinajstić information content (AvgIpc) is 2.36. The summed E-state index contributed by atoms with van der Waals surface area (Å²) in [6, 6.07) is 3.89. The Morgan fingerprint density at radius 3 is 2.59 bits per heavy atom. The minimum atomic E-state index is -3.80. The molecule has 1 aromatic carbocycles. The van der Waals surface area contributed by atoms with E-state index >= 15 is 0 Å². The molecule has 0 aliphatic carbocycles. The van der Waals surface area contributed by atoms with E-state index in [0.29, 0.717) is 5.56 Å². The van der Waals surface area contributed by atoms with E-state index in [2.05, 4.69) is 0 Å². The number of nitro groups is 1. The highest BCUT2D eigenvalue weighted by Gasteiger charge is 2.38. The molecule has 1 unspecified atom stereocenters. The summed E-state index contributed by atoms with van der Waals surface area (Å²) in [5.74, 6) is 0. The third-order valence-corrected chi connectivity index (χ3v) is 5.49. The molecule has 0 bridgehead atoms. The smallest absolute Gasteiger partial charge is 0.270 e. The molecule has 8 heteroatoms.